The number of rotatable bonds is 9. The van der Waals surface area contributed by atoms with E-state index in [0.717, 1.165) is 15.7 Å². The first-order valence-corrected chi connectivity index (χ1v) is 10.5. The summed E-state index contributed by atoms with van der Waals surface area (Å²) in [6, 6.07) is 13.4. The van der Waals surface area contributed by atoms with Gasteiger partial charge in [0.1, 0.15) is 11.6 Å². The van der Waals surface area contributed by atoms with Crippen molar-refractivity contribution in [3.63, 3.8) is 0 Å². The molecule has 8 heteroatoms. The van der Waals surface area contributed by atoms with Gasteiger partial charge < -0.3 is 10.1 Å². The normalized spacial score (nSPS) is 11.8. The Morgan fingerprint density at radius 3 is 2.54 bits per heavy atom. The summed E-state index contributed by atoms with van der Waals surface area (Å²) in [6.07, 6.45) is 0.688. The van der Waals surface area contributed by atoms with Gasteiger partial charge in [-0.1, -0.05) is 42.2 Å². The maximum Gasteiger partial charge on any atom is 0.206 e. The lowest BCUT2D eigenvalue weighted by atomic mass is 10.1. The summed E-state index contributed by atoms with van der Waals surface area (Å²) in [6.45, 7) is 2.51. The van der Waals surface area contributed by atoms with Crippen LogP contribution in [0.15, 0.2) is 52.9 Å². The van der Waals surface area contributed by atoms with Gasteiger partial charge in [0.2, 0.25) is 5.13 Å². The molecule has 0 fully saturated rings. The number of carbonyl (C=O) groups excluding carboxylic acids is 1. The molecule has 3 aromatic rings. The molecule has 5 nitrogen and oxygen atoms in total. The molecule has 0 saturated carbocycles. The van der Waals surface area contributed by atoms with Gasteiger partial charge in [0, 0.05) is 12.1 Å². The van der Waals surface area contributed by atoms with Crippen LogP contribution in [0.3, 0.4) is 0 Å². The molecule has 0 aliphatic carbocycles. The van der Waals surface area contributed by atoms with E-state index in [0.29, 0.717) is 23.7 Å². The number of hydrogen-bond donors (Lipinski definition) is 1. The van der Waals surface area contributed by atoms with Gasteiger partial charge in [-0.25, -0.2) is 4.39 Å². The van der Waals surface area contributed by atoms with E-state index in [1.54, 1.807) is 43.5 Å². The minimum Gasteiger partial charge on any atom is -0.497 e. The van der Waals surface area contributed by atoms with Gasteiger partial charge in [0.15, 0.2) is 10.1 Å². The number of methoxy groups -OCH3 is 1. The van der Waals surface area contributed by atoms with Crippen molar-refractivity contribution in [2.75, 3.05) is 12.4 Å². The molecule has 1 atom stereocenters. The van der Waals surface area contributed by atoms with Crippen molar-refractivity contribution >= 4 is 34.0 Å². The molecule has 28 heavy (non-hydrogen) atoms. The molecule has 2 aromatic carbocycles. The lowest BCUT2D eigenvalue weighted by Crippen LogP contribution is -2.16. The second-order valence-electron chi connectivity index (χ2n) is 5.96. The number of nitrogens with one attached hydrogen (secondary N) is 1. The van der Waals surface area contributed by atoms with E-state index in [4.69, 9.17) is 4.74 Å². The highest BCUT2D eigenvalue weighted by atomic mass is 32.2. The Hall–Kier alpha value is -2.45. The Kier molecular flexibility index (Phi) is 7.00. The van der Waals surface area contributed by atoms with Crippen LogP contribution in [0, 0.1) is 5.82 Å². The molecular weight excluding hydrogens is 397 g/mol. The second kappa shape index (κ2) is 9.66. The molecule has 1 heterocycles. The van der Waals surface area contributed by atoms with Crippen molar-refractivity contribution in [1.29, 1.82) is 0 Å². The number of ketones is 1. The predicted octanol–water partition coefficient (Wildman–Crippen LogP) is 5.05. The first-order chi connectivity index (χ1) is 13.6. The van der Waals surface area contributed by atoms with Crippen molar-refractivity contribution in [3.8, 4) is 5.75 Å². The van der Waals surface area contributed by atoms with Gasteiger partial charge in [-0.3, -0.25) is 4.79 Å². The monoisotopic (exact) mass is 417 g/mol. The van der Waals surface area contributed by atoms with Gasteiger partial charge in [-0.05, 0) is 48.4 Å². The third-order valence-electron chi connectivity index (χ3n) is 4.04. The number of halogens is 1. The predicted molar refractivity (Wildman–Crippen MR) is 111 cm³/mol. The zero-order valence-corrected chi connectivity index (χ0v) is 17.1. The molecule has 1 unspecified atom stereocenters. The minimum absolute atomic E-state index is 0.0613. The smallest absolute Gasteiger partial charge is 0.206 e. The fraction of sp³-hybridized carbons (Fsp3) is 0.250. The van der Waals surface area contributed by atoms with Gasteiger partial charge in [-0.15, -0.1) is 10.2 Å². The highest BCUT2D eigenvalue weighted by Crippen LogP contribution is 2.32. The van der Waals surface area contributed by atoms with Crippen LogP contribution in [-0.4, -0.2) is 28.3 Å². The topological polar surface area (TPSA) is 64.1 Å². The Morgan fingerprint density at radius 2 is 1.89 bits per heavy atom. The van der Waals surface area contributed by atoms with Crippen LogP contribution in [0.4, 0.5) is 9.52 Å². The van der Waals surface area contributed by atoms with E-state index in [2.05, 4.69) is 15.5 Å². The van der Waals surface area contributed by atoms with E-state index in [1.807, 2.05) is 6.92 Å². The highest BCUT2D eigenvalue weighted by molar-refractivity contribution is 8.02. The average Bonchev–Trinajstić information content (AvgIpc) is 3.18. The third kappa shape index (κ3) is 5.30. The van der Waals surface area contributed by atoms with Crippen LogP contribution in [-0.2, 0) is 6.54 Å². The van der Waals surface area contributed by atoms with Crippen molar-refractivity contribution < 1.29 is 13.9 Å². The molecular formula is C20H20FN3O2S2. The molecule has 0 amide bonds. The van der Waals surface area contributed by atoms with Gasteiger partial charge in [0.05, 0.1) is 12.4 Å². The van der Waals surface area contributed by atoms with Crippen molar-refractivity contribution in [3.05, 3.63) is 65.5 Å². The molecule has 3 rings (SSSR count). The molecule has 0 aliphatic rings. The Bertz CT molecular complexity index is 914. The lowest BCUT2D eigenvalue weighted by Gasteiger charge is -2.11. The summed E-state index contributed by atoms with van der Waals surface area (Å²) in [5.74, 6) is 0.523. The zero-order valence-electron chi connectivity index (χ0n) is 15.5. The number of anilines is 1. The maximum absolute atomic E-state index is 13.0. The highest BCUT2D eigenvalue weighted by Gasteiger charge is 2.21. The van der Waals surface area contributed by atoms with Crippen LogP contribution in [0.5, 0.6) is 5.75 Å². The molecule has 1 N–H and O–H groups in total. The summed E-state index contributed by atoms with van der Waals surface area (Å²) in [7, 11) is 1.60. The summed E-state index contributed by atoms with van der Waals surface area (Å²) in [5, 5.41) is 11.9. The number of nitrogens with zero attached hydrogens (tertiary/aromatic N) is 2. The Labute approximate surface area is 171 Å². The summed E-state index contributed by atoms with van der Waals surface area (Å²) < 4.78 is 18.8. The Morgan fingerprint density at radius 1 is 1.18 bits per heavy atom. The van der Waals surface area contributed by atoms with Crippen molar-refractivity contribution in [2.24, 2.45) is 0 Å². The minimum atomic E-state index is -0.259. The van der Waals surface area contributed by atoms with Crippen LogP contribution < -0.4 is 10.1 Å². The van der Waals surface area contributed by atoms with E-state index < -0.39 is 0 Å². The van der Waals surface area contributed by atoms with E-state index in [-0.39, 0.29) is 16.9 Å². The number of hydrogen-bond acceptors (Lipinski definition) is 7. The van der Waals surface area contributed by atoms with Crippen LogP contribution in [0.2, 0.25) is 0 Å². The Balaban J connectivity index is 1.60. The standard InChI is InChI=1S/C20H20FN3O2S2/c1-3-17(18(25)14-6-10-16(26-2)11-7-14)27-20-24-23-19(28-20)22-12-13-4-8-15(21)9-5-13/h4-11,17H,3,12H2,1-2H3,(H,22,23). The van der Waals surface area contributed by atoms with E-state index >= 15 is 0 Å². The fourth-order valence-corrected chi connectivity index (χ4v) is 4.49. The van der Waals surface area contributed by atoms with E-state index in [1.165, 1.54) is 35.2 Å². The number of benzene rings is 2. The first-order valence-electron chi connectivity index (χ1n) is 8.75. The van der Waals surface area contributed by atoms with Crippen molar-refractivity contribution in [2.45, 2.75) is 29.5 Å². The summed E-state index contributed by atoms with van der Waals surface area (Å²) in [4.78, 5) is 12.8. The number of thioether (sulfide) groups is 1. The molecule has 146 valence electrons. The molecule has 0 radical (unpaired) electrons. The van der Waals surface area contributed by atoms with Gasteiger partial charge >= 0.3 is 0 Å². The fourth-order valence-electron chi connectivity index (χ4n) is 2.49. The zero-order chi connectivity index (χ0) is 19.9. The maximum atomic E-state index is 13.0. The second-order valence-corrected chi connectivity index (χ2v) is 8.39. The van der Waals surface area contributed by atoms with Gasteiger partial charge in [0.25, 0.3) is 0 Å². The van der Waals surface area contributed by atoms with Crippen LogP contribution >= 0.6 is 23.1 Å². The average molecular weight is 418 g/mol. The third-order valence-corrected chi connectivity index (χ3v) is 6.37. The number of aromatic nitrogens is 2. The van der Waals surface area contributed by atoms with Crippen molar-refractivity contribution in [1.82, 2.24) is 10.2 Å². The molecule has 0 saturated heterocycles. The molecule has 0 spiro atoms. The summed E-state index contributed by atoms with van der Waals surface area (Å²) in [5.41, 5.74) is 1.60. The summed E-state index contributed by atoms with van der Waals surface area (Å²) >= 11 is 2.82. The number of carbonyl (C=O) groups is 1. The lowest BCUT2D eigenvalue weighted by molar-refractivity contribution is 0.0988. The van der Waals surface area contributed by atoms with Gasteiger partial charge in [-0.2, -0.15) is 0 Å². The van der Waals surface area contributed by atoms with Crippen LogP contribution in [0.25, 0.3) is 0 Å². The number of Topliss-reactive ketones (excluding diaryl/α,β-unsaturated/α-hetero) is 1. The van der Waals surface area contributed by atoms with Crippen LogP contribution in [0.1, 0.15) is 29.3 Å². The quantitative estimate of drug-likeness (QED) is 0.388. The largest absolute Gasteiger partial charge is 0.497 e. The molecule has 0 bridgehead atoms. The first kappa shape index (κ1) is 20.3. The SMILES string of the molecule is CCC(Sc1nnc(NCc2ccc(F)cc2)s1)C(=O)c1ccc(OC)cc1. The molecule has 1 aromatic heterocycles. The number of ether oxygens (including phenoxy) is 1. The molecule has 0 aliphatic heterocycles. The van der Waals surface area contributed by atoms with E-state index in [9.17, 15) is 9.18 Å².